The molecule has 2 rings (SSSR count). The van der Waals surface area contributed by atoms with Crippen LogP contribution < -0.4 is 0 Å². The van der Waals surface area contributed by atoms with Gasteiger partial charge in [-0.1, -0.05) is 48.9 Å². The quantitative estimate of drug-likeness (QED) is 0.694. The molecular weight excluding hydrogens is 268 g/mol. The fourth-order valence-corrected chi connectivity index (χ4v) is 2.66. The van der Waals surface area contributed by atoms with E-state index in [-0.39, 0.29) is 11.7 Å². The molecule has 1 atom stereocenters. The summed E-state index contributed by atoms with van der Waals surface area (Å²) in [5.41, 5.74) is 3.74. The fraction of sp³-hybridized carbons (Fsp3) is 0.278. The molecule has 0 aliphatic carbocycles. The van der Waals surface area contributed by atoms with E-state index in [0.29, 0.717) is 0 Å². The van der Waals surface area contributed by atoms with Crippen molar-refractivity contribution in [2.45, 2.75) is 33.1 Å². The van der Waals surface area contributed by atoms with Crippen molar-refractivity contribution in [3.63, 3.8) is 0 Å². The van der Waals surface area contributed by atoms with Crippen molar-refractivity contribution in [2.24, 2.45) is 0 Å². The van der Waals surface area contributed by atoms with Crippen molar-refractivity contribution in [3.05, 3.63) is 69.7 Å². The van der Waals surface area contributed by atoms with Crippen molar-refractivity contribution >= 4 is 17.4 Å². The summed E-state index contributed by atoms with van der Waals surface area (Å²) in [5, 5.41) is 0.745. The SMILES string of the molecule is CCC(C(=O)c1cc(C)c(Cl)c(C)c1)c1ccccc1. The van der Waals surface area contributed by atoms with E-state index in [2.05, 4.69) is 0 Å². The molecule has 2 aromatic rings. The molecular formula is C18H19ClO. The number of ketones is 1. The lowest BCUT2D eigenvalue weighted by atomic mass is 9.87. The fourth-order valence-electron chi connectivity index (χ4n) is 2.55. The van der Waals surface area contributed by atoms with Gasteiger partial charge in [-0.25, -0.2) is 0 Å². The minimum Gasteiger partial charge on any atom is -0.293 e. The molecule has 0 aliphatic heterocycles. The minimum atomic E-state index is -0.0869. The first-order valence-corrected chi connectivity index (χ1v) is 7.28. The third kappa shape index (κ3) is 2.94. The summed E-state index contributed by atoms with van der Waals surface area (Å²) in [4.78, 5) is 12.7. The topological polar surface area (TPSA) is 17.1 Å². The van der Waals surface area contributed by atoms with Crippen LogP contribution in [0.2, 0.25) is 5.02 Å². The van der Waals surface area contributed by atoms with Crippen LogP contribution in [0.25, 0.3) is 0 Å². The van der Waals surface area contributed by atoms with Crippen LogP contribution >= 0.6 is 11.6 Å². The van der Waals surface area contributed by atoms with Crippen molar-refractivity contribution in [2.75, 3.05) is 0 Å². The monoisotopic (exact) mass is 286 g/mol. The predicted octanol–water partition coefficient (Wildman–Crippen LogP) is 5.33. The Morgan fingerprint density at radius 3 is 2.15 bits per heavy atom. The standard InChI is InChI=1S/C18H19ClO/c1-4-16(14-8-6-5-7-9-14)18(20)15-10-12(2)17(19)13(3)11-15/h5-11,16H,4H2,1-3H3. The van der Waals surface area contributed by atoms with Gasteiger partial charge in [0.1, 0.15) is 0 Å². The lowest BCUT2D eigenvalue weighted by Gasteiger charge is -2.15. The number of carbonyl (C=O) groups is 1. The van der Waals surface area contributed by atoms with Gasteiger partial charge >= 0.3 is 0 Å². The van der Waals surface area contributed by atoms with E-state index in [1.54, 1.807) is 0 Å². The molecule has 20 heavy (non-hydrogen) atoms. The third-order valence-corrected chi connectivity index (χ3v) is 4.24. The van der Waals surface area contributed by atoms with Gasteiger partial charge in [-0.15, -0.1) is 0 Å². The number of hydrogen-bond acceptors (Lipinski definition) is 1. The normalized spacial score (nSPS) is 12.2. The first-order chi connectivity index (χ1) is 9.54. The number of hydrogen-bond donors (Lipinski definition) is 0. The number of rotatable bonds is 4. The maximum Gasteiger partial charge on any atom is 0.170 e. The van der Waals surface area contributed by atoms with Crippen LogP contribution in [0.1, 0.15) is 46.3 Å². The number of benzene rings is 2. The Hall–Kier alpha value is -1.60. The molecule has 0 radical (unpaired) electrons. The highest BCUT2D eigenvalue weighted by molar-refractivity contribution is 6.32. The van der Waals surface area contributed by atoms with Crippen molar-refractivity contribution in [3.8, 4) is 0 Å². The van der Waals surface area contributed by atoms with Crippen LogP contribution in [0, 0.1) is 13.8 Å². The molecule has 0 N–H and O–H groups in total. The Balaban J connectivity index is 2.39. The molecule has 0 heterocycles. The summed E-state index contributed by atoms with van der Waals surface area (Å²) in [6.45, 7) is 5.93. The number of Topliss-reactive ketones (excluding diaryl/α,β-unsaturated/α-hetero) is 1. The Morgan fingerprint density at radius 1 is 1.10 bits per heavy atom. The maximum atomic E-state index is 12.7. The molecule has 2 aromatic carbocycles. The van der Waals surface area contributed by atoms with Gasteiger partial charge in [0.25, 0.3) is 0 Å². The van der Waals surface area contributed by atoms with E-state index >= 15 is 0 Å². The molecule has 0 amide bonds. The predicted molar refractivity (Wildman–Crippen MR) is 84.7 cm³/mol. The highest BCUT2D eigenvalue weighted by Gasteiger charge is 2.21. The largest absolute Gasteiger partial charge is 0.293 e. The van der Waals surface area contributed by atoms with Crippen LogP contribution in [0.3, 0.4) is 0 Å². The molecule has 0 aliphatic rings. The zero-order valence-corrected chi connectivity index (χ0v) is 12.9. The summed E-state index contributed by atoms with van der Waals surface area (Å²) in [5.74, 6) is 0.0812. The average Bonchev–Trinajstić information content (AvgIpc) is 2.46. The molecule has 104 valence electrons. The van der Waals surface area contributed by atoms with Gasteiger partial charge in [-0.2, -0.15) is 0 Å². The van der Waals surface area contributed by atoms with Gasteiger partial charge in [-0.3, -0.25) is 4.79 Å². The molecule has 0 saturated carbocycles. The first kappa shape index (κ1) is 14.8. The summed E-state index contributed by atoms with van der Waals surface area (Å²) < 4.78 is 0. The number of carbonyl (C=O) groups excluding carboxylic acids is 1. The molecule has 0 fully saturated rings. The molecule has 0 saturated heterocycles. The van der Waals surface area contributed by atoms with Crippen LogP contribution in [0.5, 0.6) is 0 Å². The van der Waals surface area contributed by atoms with Crippen LogP contribution in [0.4, 0.5) is 0 Å². The van der Waals surface area contributed by atoms with Crippen molar-refractivity contribution in [1.82, 2.24) is 0 Å². The second kappa shape index (κ2) is 6.23. The Bertz CT molecular complexity index is 594. The molecule has 0 aromatic heterocycles. The molecule has 1 nitrogen and oxygen atoms in total. The summed E-state index contributed by atoms with van der Waals surface area (Å²) >= 11 is 6.17. The van der Waals surface area contributed by atoms with Crippen LogP contribution in [0.15, 0.2) is 42.5 Å². The summed E-state index contributed by atoms with van der Waals surface area (Å²) in [6, 6.07) is 13.7. The second-order valence-corrected chi connectivity index (χ2v) is 5.54. The number of aryl methyl sites for hydroxylation is 2. The summed E-state index contributed by atoms with van der Waals surface area (Å²) in [6.07, 6.45) is 0.795. The smallest absolute Gasteiger partial charge is 0.170 e. The van der Waals surface area contributed by atoms with Crippen LogP contribution in [-0.4, -0.2) is 5.78 Å². The van der Waals surface area contributed by atoms with Gasteiger partial charge < -0.3 is 0 Å². The average molecular weight is 287 g/mol. The maximum absolute atomic E-state index is 12.7. The van der Waals surface area contributed by atoms with E-state index in [1.165, 1.54) is 0 Å². The number of halogens is 1. The Morgan fingerprint density at radius 2 is 1.65 bits per heavy atom. The highest BCUT2D eigenvalue weighted by Crippen LogP contribution is 2.28. The lowest BCUT2D eigenvalue weighted by Crippen LogP contribution is -2.12. The molecule has 0 spiro atoms. The van der Waals surface area contributed by atoms with Gasteiger partial charge in [-0.05, 0) is 49.1 Å². The van der Waals surface area contributed by atoms with Gasteiger partial charge in [0.15, 0.2) is 5.78 Å². The van der Waals surface area contributed by atoms with Crippen molar-refractivity contribution < 1.29 is 4.79 Å². The van der Waals surface area contributed by atoms with E-state index in [0.717, 1.165) is 33.7 Å². The molecule has 1 unspecified atom stereocenters. The van der Waals surface area contributed by atoms with E-state index in [9.17, 15) is 4.79 Å². The van der Waals surface area contributed by atoms with Gasteiger partial charge in [0, 0.05) is 16.5 Å². The Labute approximate surface area is 125 Å². The van der Waals surface area contributed by atoms with Crippen LogP contribution in [-0.2, 0) is 0 Å². The van der Waals surface area contributed by atoms with Gasteiger partial charge in [0.2, 0.25) is 0 Å². The highest BCUT2D eigenvalue weighted by atomic mass is 35.5. The zero-order chi connectivity index (χ0) is 14.7. The molecule has 2 heteroatoms. The third-order valence-electron chi connectivity index (χ3n) is 3.65. The zero-order valence-electron chi connectivity index (χ0n) is 12.1. The second-order valence-electron chi connectivity index (χ2n) is 5.16. The molecule has 0 bridgehead atoms. The summed E-state index contributed by atoms with van der Waals surface area (Å²) in [7, 11) is 0. The van der Waals surface area contributed by atoms with E-state index in [1.807, 2.05) is 63.2 Å². The first-order valence-electron chi connectivity index (χ1n) is 6.90. The Kier molecular flexibility index (Phi) is 4.61. The van der Waals surface area contributed by atoms with Gasteiger partial charge in [0.05, 0.1) is 0 Å². The van der Waals surface area contributed by atoms with E-state index < -0.39 is 0 Å². The van der Waals surface area contributed by atoms with E-state index in [4.69, 9.17) is 11.6 Å². The lowest BCUT2D eigenvalue weighted by molar-refractivity contribution is 0.0957. The van der Waals surface area contributed by atoms with Crippen molar-refractivity contribution in [1.29, 1.82) is 0 Å². The minimum absolute atomic E-state index is 0.0869.